The monoisotopic (exact) mass is 496 g/mol. The summed E-state index contributed by atoms with van der Waals surface area (Å²) in [7, 11) is 0. The van der Waals surface area contributed by atoms with Crippen molar-refractivity contribution in [2.24, 2.45) is 0 Å². The van der Waals surface area contributed by atoms with Gasteiger partial charge >= 0.3 is 0 Å². The molecule has 1 aliphatic heterocycles. The van der Waals surface area contributed by atoms with Gasteiger partial charge in [-0.05, 0) is 44.0 Å². The van der Waals surface area contributed by atoms with E-state index in [0.29, 0.717) is 20.9 Å². The highest BCUT2D eigenvalue weighted by Crippen LogP contribution is 2.30. The Labute approximate surface area is 199 Å². The summed E-state index contributed by atoms with van der Waals surface area (Å²) in [6.45, 7) is 3.59. The van der Waals surface area contributed by atoms with E-state index in [1.165, 1.54) is 11.8 Å². The fraction of sp³-hybridized carbons (Fsp3) is 0.300. The van der Waals surface area contributed by atoms with E-state index in [-0.39, 0.29) is 22.5 Å². The van der Waals surface area contributed by atoms with Crippen LogP contribution in [0.5, 0.6) is 0 Å². The lowest BCUT2D eigenvalue weighted by molar-refractivity contribution is -0.113. The Morgan fingerprint density at radius 1 is 1.13 bits per heavy atom. The molecule has 1 saturated heterocycles. The molecule has 0 bridgehead atoms. The minimum Gasteiger partial charge on any atom is -0.341 e. The van der Waals surface area contributed by atoms with Gasteiger partial charge in [0, 0.05) is 18.1 Å². The molecule has 1 fully saturated rings. The number of hydrogen-bond donors (Lipinski definition) is 1. The molecule has 1 aliphatic rings. The van der Waals surface area contributed by atoms with Gasteiger partial charge in [-0.2, -0.15) is 0 Å². The van der Waals surface area contributed by atoms with Crippen LogP contribution in [0.4, 0.5) is 11.8 Å². The lowest BCUT2D eigenvalue weighted by Crippen LogP contribution is -2.22. The lowest BCUT2D eigenvalue weighted by Gasteiger charge is -2.18. The molecule has 0 atom stereocenters. The second-order valence-electron chi connectivity index (χ2n) is 7.01. The smallest absolute Gasteiger partial charge is 0.236 e. The first-order chi connectivity index (χ1) is 14.9. The van der Waals surface area contributed by atoms with Crippen molar-refractivity contribution in [1.82, 2.24) is 19.7 Å². The number of thioether (sulfide) groups is 1. The predicted octanol–water partition coefficient (Wildman–Crippen LogP) is 5.26. The summed E-state index contributed by atoms with van der Waals surface area (Å²) in [5, 5.41) is 13.4. The van der Waals surface area contributed by atoms with Crippen molar-refractivity contribution in [2.75, 3.05) is 29.1 Å². The molecule has 3 aromatic rings. The van der Waals surface area contributed by atoms with E-state index in [4.69, 9.17) is 34.8 Å². The van der Waals surface area contributed by atoms with Gasteiger partial charge in [-0.1, -0.05) is 52.6 Å². The van der Waals surface area contributed by atoms with Crippen molar-refractivity contribution in [3.8, 4) is 5.69 Å². The number of aryl methyl sites for hydroxylation is 1. The molecule has 3 heterocycles. The number of benzene rings is 1. The topological polar surface area (TPSA) is 75.9 Å². The molecule has 1 aromatic carbocycles. The Kier molecular flexibility index (Phi) is 6.91. The molecule has 0 aliphatic carbocycles. The number of pyridine rings is 1. The second-order valence-corrected chi connectivity index (χ2v) is 9.21. The number of nitrogens with zero attached hydrogens (tertiary/aromatic N) is 5. The van der Waals surface area contributed by atoms with Crippen LogP contribution in [0.2, 0.25) is 15.1 Å². The minimum atomic E-state index is -0.260. The Balaban J connectivity index is 1.54. The van der Waals surface area contributed by atoms with Crippen LogP contribution in [-0.4, -0.2) is 44.5 Å². The van der Waals surface area contributed by atoms with Crippen molar-refractivity contribution >= 4 is 64.2 Å². The lowest BCUT2D eigenvalue weighted by atomic mass is 10.3. The third kappa shape index (κ3) is 5.09. The Bertz CT molecular complexity index is 1120. The van der Waals surface area contributed by atoms with Gasteiger partial charge in [0.25, 0.3) is 0 Å². The number of halogens is 3. The first-order valence-corrected chi connectivity index (χ1v) is 11.8. The molecule has 0 radical (unpaired) electrons. The highest BCUT2D eigenvalue weighted by atomic mass is 35.5. The third-order valence-corrected chi connectivity index (χ3v) is 6.60. The van der Waals surface area contributed by atoms with Crippen molar-refractivity contribution in [3.05, 3.63) is 51.1 Å². The van der Waals surface area contributed by atoms with Crippen molar-refractivity contribution in [2.45, 2.75) is 24.9 Å². The van der Waals surface area contributed by atoms with E-state index in [0.717, 1.165) is 37.6 Å². The van der Waals surface area contributed by atoms with E-state index in [2.05, 4.69) is 25.4 Å². The summed E-state index contributed by atoms with van der Waals surface area (Å²) in [5.41, 5.74) is 1.44. The number of rotatable bonds is 6. The molecular formula is C20H19Cl3N6OS. The van der Waals surface area contributed by atoms with Crippen LogP contribution in [0.1, 0.15) is 18.5 Å². The summed E-state index contributed by atoms with van der Waals surface area (Å²) >= 11 is 19.7. The van der Waals surface area contributed by atoms with Gasteiger partial charge in [0.15, 0.2) is 11.0 Å². The largest absolute Gasteiger partial charge is 0.341 e. The molecule has 0 spiro atoms. The van der Waals surface area contributed by atoms with Crippen LogP contribution in [0, 0.1) is 6.92 Å². The maximum Gasteiger partial charge on any atom is 0.236 e. The van der Waals surface area contributed by atoms with Gasteiger partial charge < -0.3 is 10.2 Å². The highest BCUT2D eigenvalue weighted by molar-refractivity contribution is 7.99. The molecular weight excluding hydrogens is 479 g/mol. The number of aromatic nitrogens is 4. The number of carbonyl (C=O) groups excluding carboxylic acids is 1. The van der Waals surface area contributed by atoms with E-state index in [1.807, 2.05) is 28.8 Å². The SMILES string of the molecule is Cc1nc(NC(=O)CSc2nnc(N3CCCC3)n2-c2cccc(Cl)c2)c(Cl)cc1Cl. The normalized spacial score (nSPS) is 13.6. The average Bonchev–Trinajstić information content (AvgIpc) is 3.40. The summed E-state index contributed by atoms with van der Waals surface area (Å²) in [6.07, 6.45) is 2.23. The highest BCUT2D eigenvalue weighted by Gasteiger charge is 2.23. The summed E-state index contributed by atoms with van der Waals surface area (Å²) in [5.74, 6) is 0.881. The zero-order valence-corrected chi connectivity index (χ0v) is 19.7. The Morgan fingerprint density at radius 2 is 1.90 bits per heavy atom. The minimum absolute atomic E-state index is 0.110. The van der Waals surface area contributed by atoms with Crippen LogP contribution in [0.25, 0.3) is 5.69 Å². The summed E-state index contributed by atoms with van der Waals surface area (Å²) < 4.78 is 1.94. The number of hydrogen-bond acceptors (Lipinski definition) is 6. The molecule has 1 amide bonds. The van der Waals surface area contributed by atoms with Crippen LogP contribution >= 0.6 is 46.6 Å². The van der Waals surface area contributed by atoms with Crippen molar-refractivity contribution < 1.29 is 4.79 Å². The fourth-order valence-electron chi connectivity index (χ4n) is 3.26. The first kappa shape index (κ1) is 22.2. The standard InChI is InChI=1S/C20H19Cl3N6OS/c1-12-15(22)10-16(23)18(24-12)25-17(30)11-31-20-27-26-19(28-7-2-3-8-28)29(20)14-6-4-5-13(21)9-14/h4-6,9-10H,2-3,7-8,11H2,1H3,(H,24,25,30). The van der Waals surface area contributed by atoms with E-state index in [1.54, 1.807) is 13.0 Å². The molecule has 11 heteroatoms. The molecule has 2 aromatic heterocycles. The zero-order chi connectivity index (χ0) is 22.0. The van der Waals surface area contributed by atoms with E-state index < -0.39 is 0 Å². The number of amides is 1. The van der Waals surface area contributed by atoms with Gasteiger partial charge in [0.2, 0.25) is 11.9 Å². The Hall–Kier alpha value is -2.00. The predicted molar refractivity (Wildman–Crippen MR) is 126 cm³/mol. The Morgan fingerprint density at radius 3 is 2.65 bits per heavy atom. The molecule has 162 valence electrons. The van der Waals surface area contributed by atoms with Crippen LogP contribution < -0.4 is 10.2 Å². The van der Waals surface area contributed by atoms with Gasteiger partial charge in [-0.3, -0.25) is 9.36 Å². The molecule has 1 N–H and O–H groups in total. The van der Waals surface area contributed by atoms with E-state index >= 15 is 0 Å². The maximum absolute atomic E-state index is 12.5. The zero-order valence-electron chi connectivity index (χ0n) is 16.6. The summed E-state index contributed by atoms with van der Waals surface area (Å²) in [6, 6.07) is 9.05. The molecule has 0 unspecified atom stereocenters. The van der Waals surface area contributed by atoms with Crippen LogP contribution in [-0.2, 0) is 4.79 Å². The quantitative estimate of drug-likeness (QED) is 0.468. The average molecular weight is 498 g/mol. The van der Waals surface area contributed by atoms with Crippen LogP contribution in [0.15, 0.2) is 35.5 Å². The maximum atomic E-state index is 12.5. The van der Waals surface area contributed by atoms with Gasteiger partial charge in [0.1, 0.15) is 0 Å². The number of anilines is 2. The molecule has 4 rings (SSSR count). The number of carbonyl (C=O) groups is 1. The molecule has 31 heavy (non-hydrogen) atoms. The van der Waals surface area contributed by atoms with Crippen molar-refractivity contribution in [3.63, 3.8) is 0 Å². The van der Waals surface area contributed by atoms with E-state index in [9.17, 15) is 4.79 Å². The van der Waals surface area contributed by atoms with Gasteiger partial charge in [-0.25, -0.2) is 4.98 Å². The fourth-order valence-corrected chi connectivity index (χ4v) is 4.60. The van der Waals surface area contributed by atoms with Gasteiger partial charge in [0.05, 0.1) is 27.2 Å². The third-order valence-electron chi connectivity index (χ3n) is 4.77. The second kappa shape index (κ2) is 9.65. The molecule has 0 saturated carbocycles. The van der Waals surface area contributed by atoms with Crippen molar-refractivity contribution in [1.29, 1.82) is 0 Å². The molecule has 7 nitrogen and oxygen atoms in total. The van der Waals surface area contributed by atoms with Crippen LogP contribution in [0.3, 0.4) is 0 Å². The number of nitrogens with one attached hydrogen (secondary N) is 1. The first-order valence-electron chi connectivity index (χ1n) is 9.64. The van der Waals surface area contributed by atoms with Gasteiger partial charge in [-0.15, -0.1) is 10.2 Å². The summed E-state index contributed by atoms with van der Waals surface area (Å²) in [4.78, 5) is 19.0.